The second kappa shape index (κ2) is 8.27. The van der Waals surface area contributed by atoms with Crippen molar-refractivity contribution >= 4 is 21.9 Å². The van der Waals surface area contributed by atoms with Gasteiger partial charge in [-0.25, -0.2) is 4.79 Å². The molecule has 0 heterocycles. The maximum Gasteiger partial charge on any atom is 0.330 e. The van der Waals surface area contributed by atoms with Gasteiger partial charge in [0.1, 0.15) is 0 Å². The lowest BCUT2D eigenvalue weighted by molar-refractivity contribution is -0.134. The third-order valence-corrected chi connectivity index (χ3v) is 1.37. The van der Waals surface area contributed by atoms with Crippen LogP contribution in [0.25, 0.3) is 0 Å². The number of halogens is 1. The van der Waals surface area contributed by atoms with E-state index >= 15 is 0 Å². The van der Waals surface area contributed by atoms with Crippen LogP contribution in [0.4, 0.5) is 0 Å². The van der Waals surface area contributed by atoms with E-state index in [1.165, 1.54) is 13.2 Å². The van der Waals surface area contributed by atoms with E-state index < -0.39 is 0 Å². The Kier molecular flexibility index (Phi) is 7.70. The molecule has 0 amide bonds. The van der Waals surface area contributed by atoms with Crippen LogP contribution in [0.2, 0.25) is 0 Å². The Hall–Kier alpha value is -0.830. The van der Waals surface area contributed by atoms with Crippen LogP contribution >= 0.6 is 15.9 Å². The highest BCUT2D eigenvalue weighted by Crippen LogP contribution is 1.85. The number of ether oxygens (including phenoxy) is 1. The molecule has 0 saturated heterocycles. The molecule has 0 aliphatic carbocycles. The molecule has 66 valence electrons. The SMILES string of the molecule is COC(=O)/C=C/C=C\C=C\CBr. The molecule has 0 atom stereocenters. The van der Waals surface area contributed by atoms with Crippen molar-refractivity contribution in [2.24, 2.45) is 0 Å². The molecule has 0 radical (unpaired) electrons. The van der Waals surface area contributed by atoms with Crippen molar-refractivity contribution in [3.05, 3.63) is 36.5 Å². The van der Waals surface area contributed by atoms with Gasteiger partial charge < -0.3 is 4.74 Å². The summed E-state index contributed by atoms with van der Waals surface area (Å²) >= 11 is 3.24. The van der Waals surface area contributed by atoms with E-state index in [9.17, 15) is 4.79 Å². The van der Waals surface area contributed by atoms with E-state index in [0.717, 1.165) is 5.33 Å². The largest absolute Gasteiger partial charge is 0.466 e. The molecule has 0 spiro atoms. The number of allylic oxidation sites excluding steroid dienone is 5. The maximum atomic E-state index is 10.5. The Labute approximate surface area is 80.7 Å². The van der Waals surface area contributed by atoms with E-state index in [1.807, 2.05) is 18.2 Å². The zero-order chi connectivity index (χ0) is 9.23. The fraction of sp³-hybridized carbons (Fsp3) is 0.222. The molecule has 12 heavy (non-hydrogen) atoms. The molecular weight excluding hydrogens is 220 g/mol. The van der Waals surface area contributed by atoms with E-state index in [2.05, 4.69) is 20.7 Å². The molecule has 0 saturated carbocycles. The lowest BCUT2D eigenvalue weighted by Gasteiger charge is -1.85. The van der Waals surface area contributed by atoms with Gasteiger partial charge in [0.25, 0.3) is 0 Å². The number of carbonyl (C=O) groups excluding carboxylic acids is 1. The minimum absolute atomic E-state index is 0.343. The molecule has 0 unspecified atom stereocenters. The minimum atomic E-state index is -0.343. The molecule has 0 aromatic heterocycles. The number of esters is 1. The number of carbonyl (C=O) groups is 1. The molecule has 2 nitrogen and oxygen atoms in total. The Bertz CT molecular complexity index is 205. The van der Waals surface area contributed by atoms with E-state index in [0.29, 0.717) is 0 Å². The van der Waals surface area contributed by atoms with Gasteiger partial charge in [-0.2, -0.15) is 0 Å². The van der Waals surface area contributed by atoms with Crippen molar-refractivity contribution in [3.63, 3.8) is 0 Å². The van der Waals surface area contributed by atoms with Crippen LogP contribution in [0.5, 0.6) is 0 Å². The van der Waals surface area contributed by atoms with E-state index in [1.54, 1.807) is 12.2 Å². The van der Waals surface area contributed by atoms with Gasteiger partial charge in [-0.3, -0.25) is 0 Å². The number of rotatable bonds is 4. The summed E-state index contributed by atoms with van der Waals surface area (Å²) in [5.41, 5.74) is 0. The number of hydrogen-bond acceptors (Lipinski definition) is 2. The number of methoxy groups -OCH3 is 1. The topological polar surface area (TPSA) is 26.3 Å². The summed E-state index contributed by atoms with van der Waals surface area (Å²) in [5.74, 6) is -0.343. The second-order valence-corrected chi connectivity index (χ2v) is 2.50. The molecule has 3 heteroatoms. The second-order valence-electron chi connectivity index (χ2n) is 1.85. The predicted octanol–water partition coefficient (Wildman–Crippen LogP) is 2.22. The first-order chi connectivity index (χ1) is 5.81. The quantitative estimate of drug-likeness (QED) is 0.321. The van der Waals surface area contributed by atoms with Gasteiger partial charge in [-0.15, -0.1) is 0 Å². The fourth-order valence-electron chi connectivity index (χ4n) is 0.460. The predicted molar refractivity (Wildman–Crippen MR) is 53.2 cm³/mol. The third kappa shape index (κ3) is 7.28. The highest BCUT2D eigenvalue weighted by Gasteiger charge is 1.85. The average Bonchev–Trinajstić information content (AvgIpc) is 2.10. The van der Waals surface area contributed by atoms with Crippen LogP contribution in [0, 0.1) is 0 Å². The standard InChI is InChI=1S/C9H11BrO2/c1-12-9(11)7-5-3-2-4-6-8-10/h2-7H,8H2,1H3/b3-2-,6-4+,7-5+. The molecule has 0 fully saturated rings. The summed E-state index contributed by atoms with van der Waals surface area (Å²) in [5, 5.41) is 0.831. The Morgan fingerprint density at radius 3 is 2.58 bits per heavy atom. The monoisotopic (exact) mass is 230 g/mol. The van der Waals surface area contributed by atoms with Crippen LogP contribution in [-0.4, -0.2) is 18.4 Å². The Morgan fingerprint density at radius 1 is 1.33 bits per heavy atom. The number of alkyl halides is 1. The van der Waals surface area contributed by atoms with Gasteiger partial charge in [0.2, 0.25) is 0 Å². The summed E-state index contributed by atoms with van der Waals surface area (Å²) in [6.07, 6.45) is 10.4. The van der Waals surface area contributed by atoms with Crippen molar-refractivity contribution in [1.82, 2.24) is 0 Å². The zero-order valence-corrected chi connectivity index (χ0v) is 8.45. The third-order valence-electron chi connectivity index (χ3n) is 0.992. The van der Waals surface area contributed by atoms with Crippen molar-refractivity contribution in [1.29, 1.82) is 0 Å². The highest BCUT2D eigenvalue weighted by atomic mass is 79.9. The van der Waals surface area contributed by atoms with Crippen molar-refractivity contribution in [2.75, 3.05) is 12.4 Å². The normalized spacial score (nSPS) is 11.8. The van der Waals surface area contributed by atoms with Gasteiger partial charge in [-0.1, -0.05) is 46.3 Å². The molecule has 0 rings (SSSR count). The van der Waals surface area contributed by atoms with Crippen LogP contribution in [-0.2, 0) is 9.53 Å². The van der Waals surface area contributed by atoms with Crippen molar-refractivity contribution < 1.29 is 9.53 Å². The minimum Gasteiger partial charge on any atom is -0.466 e. The first-order valence-corrected chi connectivity index (χ1v) is 4.57. The van der Waals surface area contributed by atoms with E-state index in [-0.39, 0.29) is 5.97 Å². The Morgan fingerprint density at radius 2 is 2.00 bits per heavy atom. The first-order valence-electron chi connectivity index (χ1n) is 3.45. The van der Waals surface area contributed by atoms with Crippen LogP contribution < -0.4 is 0 Å². The van der Waals surface area contributed by atoms with Gasteiger partial charge >= 0.3 is 5.97 Å². The highest BCUT2D eigenvalue weighted by molar-refractivity contribution is 9.09. The lowest BCUT2D eigenvalue weighted by Crippen LogP contribution is -1.92. The van der Waals surface area contributed by atoms with Crippen LogP contribution in [0.3, 0.4) is 0 Å². The van der Waals surface area contributed by atoms with Crippen LogP contribution in [0.1, 0.15) is 0 Å². The molecule has 0 N–H and O–H groups in total. The zero-order valence-electron chi connectivity index (χ0n) is 6.87. The smallest absolute Gasteiger partial charge is 0.330 e. The molecule has 0 aliphatic heterocycles. The summed E-state index contributed by atoms with van der Waals surface area (Å²) in [6, 6.07) is 0. The maximum absolute atomic E-state index is 10.5. The average molecular weight is 231 g/mol. The summed E-state index contributed by atoms with van der Waals surface area (Å²) in [7, 11) is 1.35. The Balaban J connectivity index is 3.66. The lowest BCUT2D eigenvalue weighted by atomic mass is 10.4. The van der Waals surface area contributed by atoms with Gasteiger partial charge in [0, 0.05) is 11.4 Å². The van der Waals surface area contributed by atoms with Gasteiger partial charge in [-0.05, 0) is 0 Å². The molecule has 0 bridgehead atoms. The van der Waals surface area contributed by atoms with Crippen molar-refractivity contribution in [2.45, 2.75) is 0 Å². The summed E-state index contributed by atoms with van der Waals surface area (Å²) < 4.78 is 4.39. The summed E-state index contributed by atoms with van der Waals surface area (Å²) in [4.78, 5) is 10.5. The first kappa shape index (κ1) is 11.2. The molecular formula is C9H11BrO2. The van der Waals surface area contributed by atoms with Gasteiger partial charge in [0.15, 0.2) is 0 Å². The summed E-state index contributed by atoms with van der Waals surface area (Å²) in [6.45, 7) is 0. The molecule has 0 aromatic carbocycles. The van der Waals surface area contributed by atoms with Crippen molar-refractivity contribution in [3.8, 4) is 0 Å². The van der Waals surface area contributed by atoms with Crippen LogP contribution in [0.15, 0.2) is 36.5 Å². The van der Waals surface area contributed by atoms with Gasteiger partial charge in [0.05, 0.1) is 7.11 Å². The number of hydrogen-bond donors (Lipinski definition) is 0. The molecule has 0 aliphatic rings. The molecule has 0 aromatic rings. The van der Waals surface area contributed by atoms with E-state index in [4.69, 9.17) is 0 Å². The fourth-order valence-corrected chi connectivity index (χ4v) is 0.676.